The number of hydrogen-bond acceptors (Lipinski definition) is 7. The third-order valence-electron chi connectivity index (χ3n) is 4.18. The number of aliphatic hydroxyl groups excluding tert-OH is 1. The highest BCUT2D eigenvalue weighted by atomic mass is 32.2. The van der Waals surface area contributed by atoms with Crippen molar-refractivity contribution in [3.05, 3.63) is 59.7 Å². The number of alkyl halides is 3. The second kappa shape index (κ2) is 9.37. The molecule has 160 valence electrons. The van der Waals surface area contributed by atoms with Crippen LogP contribution in [0.25, 0.3) is 0 Å². The smallest absolute Gasteiger partial charge is 0.416 e. The Morgan fingerprint density at radius 3 is 2.73 bits per heavy atom. The number of anilines is 1. The average Bonchev–Trinajstić information content (AvgIpc) is 3.02. The number of phenolic OH excluding ortho intramolecular Hbond substituents is 1. The van der Waals surface area contributed by atoms with Gasteiger partial charge in [0.25, 0.3) is 0 Å². The molecule has 5 N–H and O–H groups in total. The van der Waals surface area contributed by atoms with E-state index in [2.05, 4.69) is 21.2 Å². The lowest BCUT2D eigenvalue weighted by Gasteiger charge is -2.13. The molecule has 1 saturated heterocycles. The summed E-state index contributed by atoms with van der Waals surface area (Å²) in [4.78, 5) is 12.2. The topological polar surface area (TPSA) is 106 Å². The number of thioether (sulfide) groups is 1. The van der Waals surface area contributed by atoms with Crippen molar-refractivity contribution in [1.29, 1.82) is 0 Å². The molecule has 1 fully saturated rings. The summed E-state index contributed by atoms with van der Waals surface area (Å²) in [6, 6.07) is 11.0. The lowest BCUT2D eigenvalue weighted by atomic mass is 10.2. The van der Waals surface area contributed by atoms with Gasteiger partial charge in [-0.25, -0.2) is 0 Å². The van der Waals surface area contributed by atoms with Crippen molar-refractivity contribution in [3.8, 4) is 5.75 Å². The quantitative estimate of drug-likeness (QED) is 0.349. The lowest BCUT2D eigenvalue weighted by Crippen LogP contribution is -2.39. The van der Waals surface area contributed by atoms with Gasteiger partial charge in [-0.3, -0.25) is 15.5 Å². The first kappa shape index (κ1) is 21.9. The number of amides is 1. The van der Waals surface area contributed by atoms with E-state index in [-0.39, 0.29) is 17.9 Å². The minimum atomic E-state index is -4.50. The van der Waals surface area contributed by atoms with Gasteiger partial charge < -0.3 is 15.5 Å². The molecular formula is C19H19F3N4O3S. The van der Waals surface area contributed by atoms with Gasteiger partial charge in [-0.1, -0.05) is 18.2 Å². The Labute approximate surface area is 174 Å². The van der Waals surface area contributed by atoms with Gasteiger partial charge in [-0.15, -0.1) is 11.8 Å². The van der Waals surface area contributed by atoms with E-state index in [9.17, 15) is 28.2 Å². The van der Waals surface area contributed by atoms with Crippen LogP contribution < -0.4 is 16.1 Å². The third-order valence-corrected chi connectivity index (χ3v) is 5.47. The Balaban J connectivity index is 1.51. The van der Waals surface area contributed by atoms with E-state index in [4.69, 9.17) is 0 Å². The van der Waals surface area contributed by atoms with E-state index in [1.54, 1.807) is 18.2 Å². The molecular weight excluding hydrogens is 421 g/mol. The standard InChI is InChI=1S/C19H19F3N4O3S/c20-19(21,22)12-5-3-6-13(8-12)24-16(28)9-15-17(29)25-18(30-15)26-23-10-11-4-1-2-7-14(11)27/h1-8,10,15,17-18,25-27,29H,9H2,(H,24,28)/b23-10+/t15-,17?,18?/m0/s1. The molecule has 1 aliphatic heterocycles. The molecule has 1 aliphatic rings. The number of hydrogen-bond donors (Lipinski definition) is 5. The van der Waals surface area contributed by atoms with Crippen LogP contribution in [0.2, 0.25) is 0 Å². The number of aromatic hydroxyl groups is 1. The maximum Gasteiger partial charge on any atom is 0.416 e. The highest BCUT2D eigenvalue weighted by Crippen LogP contribution is 2.31. The van der Waals surface area contributed by atoms with Crippen molar-refractivity contribution < 1.29 is 28.2 Å². The number of rotatable bonds is 6. The number of phenols is 1. The van der Waals surface area contributed by atoms with Crippen molar-refractivity contribution >= 4 is 29.6 Å². The first-order valence-electron chi connectivity index (χ1n) is 8.85. The second-order valence-electron chi connectivity index (χ2n) is 6.44. The van der Waals surface area contributed by atoms with E-state index in [0.717, 1.165) is 12.1 Å². The van der Waals surface area contributed by atoms with E-state index >= 15 is 0 Å². The van der Waals surface area contributed by atoms with Crippen molar-refractivity contribution in [3.63, 3.8) is 0 Å². The van der Waals surface area contributed by atoms with Crippen LogP contribution >= 0.6 is 11.8 Å². The summed E-state index contributed by atoms with van der Waals surface area (Å²) in [7, 11) is 0. The Bertz CT molecular complexity index is 926. The van der Waals surface area contributed by atoms with Gasteiger partial charge in [0.15, 0.2) is 0 Å². The number of hydrazone groups is 1. The van der Waals surface area contributed by atoms with Crippen molar-refractivity contribution in [2.45, 2.75) is 29.6 Å². The molecule has 0 spiro atoms. The van der Waals surface area contributed by atoms with Gasteiger partial charge in [0.2, 0.25) is 5.91 Å². The zero-order valence-corrected chi connectivity index (χ0v) is 16.2. The highest BCUT2D eigenvalue weighted by Gasteiger charge is 2.35. The SMILES string of the molecule is O=C(C[C@@H]1SC(N/N=C/c2ccccc2O)NC1O)Nc1cccc(C(F)(F)F)c1. The first-order chi connectivity index (χ1) is 14.2. The number of para-hydroxylation sites is 1. The van der Waals surface area contributed by atoms with Crippen molar-refractivity contribution in [2.24, 2.45) is 5.10 Å². The molecule has 0 radical (unpaired) electrons. The van der Waals surface area contributed by atoms with Crippen LogP contribution in [-0.4, -0.2) is 39.3 Å². The molecule has 0 bridgehead atoms. The molecule has 0 aliphatic carbocycles. The molecule has 2 aromatic carbocycles. The number of nitrogens with zero attached hydrogens (tertiary/aromatic N) is 1. The van der Waals surface area contributed by atoms with Crippen molar-refractivity contribution in [2.75, 3.05) is 5.32 Å². The molecule has 30 heavy (non-hydrogen) atoms. The summed E-state index contributed by atoms with van der Waals surface area (Å²) in [6.45, 7) is 0. The van der Waals surface area contributed by atoms with Gasteiger partial charge in [-0.05, 0) is 30.3 Å². The minimum absolute atomic E-state index is 0.0298. The second-order valence-corrected chi connectivity index (χ2v) is 7.79. The Morgan fingerprint density at radius 1 is 1.23 bits per heavy atom. The monoisotopic (exact) mass is 440 g/mol. The van der Waals surface area contributed by atoms with Crippen LogP contribution in [0.1, 0.15) is 17.5 Å². The zero-order chi connectivity index (χ0) is 21.7. The number of aliphatic hydroxyl groups is 1. The molecule has 2 unspecified atom stereocenters. The van der Waals surface area contributed by atoms with Crippen LogP contribution in [0.4, 0.5) is 18.9 Å². The van der Waals surface area contributed by atoms with E-state index in [1.807, 2.05) is 0 Å². The minimum Gasteiger partial charge on any atom is -0.507 e. The Kier molecular flexibility index (Phi) is 6.85. The predicted octanol–water partition coefficient (Wildman–Crippen LogP) is 2.67. The normalized spacial score (nSPS) is 21.7. The molecule has 2 aromatic rings. The molecule has 3 atom stereocenters. The zero-order valence-electron chi connectivity index (χ0n) is 15.4. The molecule has 7 nitrogen and oxygen atoms in total. The maximum atomic E-state index is 12.8. The van der Waals surface area contributed by atoms with Crippen LogP contribution in [0, 0.1) is 0 Å². The molecule has 11 heteroatoms. The number of halogens is 3. The summed E-state index contributed by atoms with van der Waals surface area (Å²) >= 11 is 1.22. The summed E-state index contributed by atoms with van der Waals surface area (Å²) in [5.74, 6) is -0.453. The summed E-state index contributed by atoms with van der Waals surface area (Å²) in [5, 5.41) is 28.5. The van der Waals surface area contributed by atoms with Crippen molar-refractivity contribution in [1.82, 2.24) is 10.7 Å². The van der Waals surface area contributed by atoms with Gasteiger partial charge in [0, 0.05) is 17.7 Å². The molecule has 3 rings (SSSR count). The van der Waals surface area contributed by atoms with E-state index < -0.39 is 34.6 Å². The first-order valence-corrected chi connectivity index (χ1v) is 9.80. The lowest BCUT2D eigenvalue weighted by molar-refractivity contribution is -0.137. The fourth-order valence-electron chi connectivity index (χ4n) is 2.72. The van der Waals surface area contributed by atoms with Crippen LogP contribution in [0.5, 0.6) is 5.75 Å². The number of carbonyl (C=O) groups excluding carboxylic acids is 1. The van der Waals surface area contributed by atoms with Gasteiger partial charge in [-0.2, -0.15) is 18.3 Å². The van der Waals surface area contributed by atoms with E-state index in [0.29, 0.717) is 5.56 Å². The Hall–Kier alpha value is -2.76. The molecule has 1 heterocycles. The molecule has 1 amide bonds. The van der Waals surface area contributed by atoms with Gasteiger partial charge >= 0.3 is 6.18 Å². The average molecular weight is 440 g/mol. The van der Waals surface area contributed by atoms with Crippen LogP contribution in [0.3, 0.4) is 0 Å². The Morgan fingerprint density at radius 2 is 2.00 bits per heavy atom. The van der Waals surface area contributed by atoms with Crippen LogP contribution in [-0.2, 0) is 11.0 Å². The largest absolute Gasteiger partial charge is 0.507 e. The fraction of sp³-hybridized carbons (Fsp3) is 0.263. The fourth-order valence-corrected chi connectivity index (χ4v) is 3.88. The number of nitrogens with one attached hydrogen (secondary N) is 3. The summed E-state index contributed by atoms with van der Waals surface area (Å²) < 4.78 is 38.3. The summed E-state index contributed by atoms with van der Waals surface area (Å²) in [5.41, 5.74) is 1.94. The molecule has 0 saturated carbocycles. The van der Waals surface area contributed by atoms with Gasteiger partial charge in [0.1, 0.15) is 17.5 Å². The molecule has 0 aromatic heterocycles. The summed E-state index contributed by atoms with van der Waals surface area (Å²) in [6.07, 6.45) is -4.22. The maximum absolute atomic E-state index is 12.8. The van der Waals surface area contributed by atoms with Crippen LogP contribution in [0.15, 0.2) is 53.6 Å². The van der Waals surface area contributed by atoms with E-state index in [1.165, 1.54) is 36.2 Å². The third kappa shape index (κ3) is 5.88. The highest BCUT2D eigenvalue weighted by molar-refractivity contribution is 8.00. The number of carbonyl (C=O) groups is 1. The predicted molar refractivity (Wildman–Crippen MR) is 108 cm³/mol. The van der Waals surface area contributed by atoms with Gasteiger partial charge in [0.05, 0.1) is 17.0 Å². The number of benzene rings is 2.